The van der Waals surface area contributed by atoms with Crippen molar-refractivity contribution in [1.29, 1.82) is 0 Å². The van der Waals surface area contributed by atoms with Crippen LogP contribution in [0.15, 0.2) is 28.7 Å². The average molecular weight is 389 g/mol. The zero-order valence-corrected chi connectivity index (χ0v) is 13.8. The van der Waals surface area contributed by atoms with Gasteiger partial charge in [-0.1, -0.05) is 31.9 Å². The SMILES string of the molecule is Cc1oc(-c2ccc(OCCCBr)cc2)nc1CBr. The van der Waals surface area contributed by atoms with Gasteiger partial charge < -0.3 is 9.15 Å². The average Bonchev–Trinajstić information content (AvgIpc) is 2.81. The normalized spacial score (nSPS) is 10.7. The number of halogens is 2. The monoisotopic (exact) mass is 387 g/mol. The predicted octanol–water partition coefficient (Wildman–Crippen LogP) is 4.71. The van der Waals surface area contributed by atoms with Crippen LogP contribution in [0.1, 0.15) is 17.9 Å². The van der Waals surface area contributed by atoms with E-state index < -0.39 is 0 Å². The molecule has 5 heteroatoms. The standard InChI is InChI=1S/C14H15Br2NO2/c1-10-13(9-16)17-14(19-10)11-3-5-12(6-4-11)18-8-2-7-15/h3-6H,2,7-9H2,1H3. The third-order valence-electron chi connectivity index (χ3n) is 2.67. The number of aromatic nitrogens is 1. The van der Waals surface area contributed by atoms with Crippen LogP contribution in [0.25, 0.3) is 11.5 Å². The zero-order valence-electron chi connectivity index (χ0n) is 10.7. The summed E-state index contributed by atoms with van der Waals surface area (Å²) in [5.74, 6) is 2.37. The summed E-state index contributed by atoms with van der Waals surface area (Å²) in [5, 5.41) is 1.66. The molecule has 0 aliphatic rings. The maximum absolute atomic E-state index is 5.64. The minimum Gasteiger partial charge on any atom is -0.494 e. The topological polar surface area (TPSA) is 35.3 Å². The van der Waals surface area contributed by atoms with E-state index in [0.29, 0.717) is 11.2 Å². The Bertz CT molecular complexity index is 523. The zero-order chi connectivity index (χ0) is 13.7. The van der Waals surface area contributed by atoms with Crippen molar-refractivity contribution in [3.63, 3.8) is 0 Å². The highest BCUT2D eigenvalue weighted by Gasteiger charge is 2.10. The Labute approximate surface area is 129 Å². The molecule has 0 atom stereocenters. The smallest absolute Gasteiger partial charge is 0.226 e. The molecule has 0 saturated carbocycles. The first-order chi connectivity index (χ1) is 9.24. The number of alkyl halides is 2. The van der Waals surface area contributed by atoms with Crippen LogP contribution < -0.4 is 4.74 Å². The Hall–Kier alpha value is -0.810. The van der Waals surface area contributed by atoms with Gasteiger partial charge in [0.25, 0.3) is 0 Å². The van der Waals surface area contributed by atoms with Gasteiger partial charge in [0.2, 0.25) is 5.89 Å². The highest BCUT2D eigenvalue weighted by atomic mass is 79.9. The predicted molar refractivity (Wildman–Crippen MR) is 83.2 cm³/mol. The number of hydrogen-bond acceptors (Lipinski definition) is 3. The van der Waals surface area contributed by atoms with Gasteiger partial charge >= 0.3 is 0 Å². The Balaban J connectivity index is 2.08. The molecule has 0 amide bonds. The second-order valence-corrected chi connectivity index (χ2v) is 5.42. The van der Waals surface area contributed by atoms with E-state index >= 15 is 0 Å². The minimum atomic E-state index is 0.652. The molecule has 3 nitrogen and oxygen atoms in total. The molecule has 1 heterocycles. The van der Waals surface area contributed by atoms with Crippen LogP contribution in [-0.4, -0.2) is 16.9 Å². The molecule has 0 aliphatic heterocycles. The van der Waals surface area contributed by atoms with E-state index in [-0.39, 0.29) is 0 Å². The highest BCUT2D eigenvalue weighted by Crippen LogP contribution is 2.25. The molecule has 0 fully saturated rings. The molecule has 0 saturated heterocycles. The van der Waals surface area contributed by atoms with Gasteiger partial charge in [-0.15, -0.1) is 0 Å². The first-order valence-corrected chi connectivity index (χ1v) is 8.30. The van der Waals surface area contributed by atoms with E-state index in [2.05, 4.69) is 36.8 Å². The lowest BCUT2D eigenvalue weighted by molar-refractivity contribution is 0.319. The van der Waals surface area contributed by atoms with Crippen molar-refractivity contribution in [3.8, 4) is 17.2 Å². The van der Waals surface area contributed by atoms with Crippen molar-refractivity contribution in [2.45, 2.75) is 18.7 Å². The van der Waals surface area contributed by atoms with E-state index in [0.717, 1.165) is 41.1 Å². The molecule has 0 spiro atoms. The van der Waals surface area contributed by atoms with E-state index in [4.69, 9.17) is 9.15 Å². The largest absolute Gasteiger partial charge is 0.494 e. The third-order valence-corrected chi connectivity index (χ3v) is 3.76. The summed E-state index contributed by atoms with van der Waals surface area (Å²) in [6.45, 7) is 2.64. The summed E-state index contributed by atoms with van der Waals surface area (Å²) in [7, 11) is 0. The molecule has 1 aromatic carbocycles. The molecule has 1 aromatic heterocycles. The second kappa shape index (κ2) is 7.10. The Morgan fingerprint density at radius 3 is 2.53 bits per heavy atom. The highest BCUT2D eigenvalue weighted by molar-refractivity contribution is 9.09. The summed E-state index contributed by atoms with van der Waals surface area (Å²) in [6, 6.07) is 7.81. The van der Waals surface area contributed by atoms with Crippen molar-refractivity contribution < 1.29 is 9.15 Å². The summed E-state index contributed by atoms with van der Waals surface area (Å²) < 4.78 is 11.2. The van der Waals surface area contributed by atoms with Crippen molar-refractivity contribution in [2.75, 3.05) is 11.9 Å². The summed E-state index contributed by atoms with van der Waals surface area (Å²) in [4.78, 5) is 4.44. The van der Waals surface area contributed by atoms with Crippen LogP contribution in [0.4, 0.5) is 0 Å². The van der Waals surface area contributed by atoms with Crippen molar-refractivity contribution in [2.24, 2.45) is 0 Å². The molecular formula is C14H15Br2NO2. The van der Waals surface area contributed by atoms with Crippen LogP contribution in [-0.2, 0) is 5.33 Å². The summed E-state index contributed by atoms with van der Waals surface area (Å²) >= 11 is 6.77. The summed E-state index contributed by atoms with van der Waals surface area (Å²) in [6.07, 6.45) is 0.995. The molecule has 102 valence electrons. The van der Waals surface area contributed by atoms with Crippen LogP contribution >= 0.6 is 31.9 Å². The Morgan fingerprint density at radius 2 is 1.95 bits per heavy atom. The lowest BCUT2D eigenvalue weighted by Crippen LogP contribution is -1.97. The lowest BCUT2D eigenvalue weighted by atomic mass is 10.2. The van der Waals surface area contributed by atoms with Gasteiger partial charge in [0.15, 0.2) is 0 Å². The number of benzene rings is 1. The van der Waals surface area contributed by atoms with Crippen molar-refractivity contribution >= 4 is 31.9 Å². The fraction of sp³-hybridized carbons (Fsp3) is 0.357. The fourth-order valence-electron chi connectivity index (χ4n) is 1.61. The molecule has 2 aromatic rings. The third kappa shape index (κ3) is 3.83. The van der Waals surface area contributed by atoms with E-state index in [9.17, 15) is 0 Å². The molecule has 0 radical (unpaired) electrons. The Morgan fingerprint density at radius 1 is 1.21 bits per heavy atom. The molecule has 0 N–H and O–H groups in total. The van der Waals surface area contributed by atoms with Gasteiger partial charge in [0.05, 0.1) is 12.3 Å². The van der Waals surface area contributed by atoms with Gasteiger partial charge in [0, 0.05) is 16.2 Å². The maximum atomic E-state index is 5.64. The van der Waals surface area contributed by atoms with Gasteiger partial charge in [0.1, 0.15) is 11.5 Å². The van der Waals surface area contributed by atoms with Crippen molar-refractivity contribution in [1.82, 2.24) is 4.98 Å². The molecule has 19 heavy (non-hydrogen) atoms. The fourth-order valence-corrected chi connectivity index (χ4v) is 2.36. The number of hydrogen-bond donors (Lipinski definition) is 0. The number of aryl methyl sites for hydroxylation is 1. The number of nitrogens with zero attached hydrogens (tertiary/aromatic N) is 1. The number of rotatable bonds is 6. The van der Waals surface area contributed by atoms with Gasteiger partial charge in [-0.3, -0.25) is 0 Å². The van der Waals surface area contributed by atoms with Crippen molar-refractivity contribution in [3.05, 3.63) is 35.7 Å². The van der Waals surface area contributed by atoms with Gasteiger partial charge in [-0.05, 0) is 37.6 Å². The van der Waals surface area contributed by atoms with Gasteiger partial charge in [-0.2, -0.15) is 0 Å². The second-order valence-electron chi connectivity index (χ2n) is 4.07. The molecule has 0 unspecified atom stereocenters. The van der Waals surface area contributed by atoms with Crippen LogP contribution in [0.5, 0.6) is 5.75 Å². The van der Waals surface area contributed by atoms with E-state index in [1.807, 2.05) is 31.2 Å². The van der Waals surface area contributed by atoms with Crippen LogP contribution in [0, 0.1) is 6.92 Å². The minimum absolute atomic E-state index is 0.652. The van der Waals surface area contributed by atoms with E-state index in [1.165, 1.54) is 0 Å². The first-order valence-electron chi connectivity index (χ1n) is 6.06. The number of ether oxygens (including phenoxy) is 1. The first kappa shape index (κ1) is 14.6. The summed E-state index contributed by atoms with van der Waals surface area (Å²) in [5.41, 5.74) is 1.90. The Kier molecular flexibility index (Phi) is 5.45. The van der Waals surface area contributed by atoms with Gasteiger partial charge in [-0.25, -0.2) is 4.98 Å². The molecular weight excluding hydrogens is 374 g/mol. The number of oxazole rings is 1. The van der Waals surface area contributed by atoms with E-state index in [1.54, 1.807) is 0 Å². The van der Waals surface area contributed by atoms with Crippen LogP contribution in [0.3, 0.4) is 0 Å². The lowest BCUT2D eigenvalue weighted by Gasteiger charge is -2.04. The quantitative estimate of drug-likeness (QED) is 0.531. The molecule has 2 rings (SSSR count). The molecule has 0 aliphatic carbocycles. The van der Waals surface area contributed by atoms with Crippen LogP contribution in [0.2, 0.25) is 0 Å². The molecule has 0 bridgehead atoms. The maximum Gasteiger partial charge on any atom is 0.226 e.